The predicted octanol–water partition coefficient (Wildman–Crippen LogP) is 1.56. The molecule has 0 unspecified atom stereocenters. The molecule has 0 amide bonds. The smallest absolute Gasteiger partial charge is 0.316 e. The number of carbonyl (C=O) groups is 2. The molecule has 7 nitrogen and oxygen atoms in total. The SMILES string of the molecule is C=C1[C@@H]2C[C@H](O)[C@@H]3[C@](C2)(C(=O)O[C@H]2CCC(C)(C)[C@H]4[C@H](O)OC[C@@]243)[C@@H]1OC(C)=O. The maximum atomic E-state index is 13.5. The lowest BCUT2D eigenvalue weighted by Gasteiger charge is -2.63. The summed E-state index contributed by atoms with van der Waals surface area (Å²) in [7, 11) is 0. The molecule has 9 atom stereocenters. The van der Waals surface area contributed by atoms with Crippen LogP contribution in [0.3, 0.4) is 0 Å². The van der Waals surface area contributed by atoms with Gasteiger partial charge in [-0.05, 0) is 42.6 Å². The molecular weight excluding hydrogens is 376 g/mol. The van der Waals surface area contributed by atoms with E-state index < -0.39 is 53.3 Å². The Hall–Kier alpha value is -1.44. The fraction of sp³-hybridized carbons (Fsp3) is 0.818. The normalized spacial score (nSPS) is 52.2. The average Bonchev–Trinajstić information content (AvgIpc) is 3.07. The summed E-state index contributed by atoms with van der Waals surface area (Å²) >= 11 is 0. The fourth-order valence-corrected chi connectivity index (χ4v) is 7.89. The summed E-state index contributed by atoms with van der Waals surface area (Å²) in [6.07, 6.45) is -0.660. The Labute approximate surface area is 170 Å². The average molecular weight is 406 g/mol. The minimum atomic E-state index is -1.18. The molecule has 7 heteroatoms. The molecule has 2 bridgehead atoms. The number of fused-ring (bicyclic) bond motifs is 1. The van der Waals surface area contributed by atoms with Crippen LogP contribution in [0, 0.1) is 34.0 Å². The number of rotatable bonds is 1. The van der Waals surface area contributed by atoms with Crippen LogP contribution in [0.1, 0.15) is 46.5 Å². The summed E-state index contributed by atoms with van der Waals surface area (Å²) in [4.78, 5) is 25.4. The minimum absolute atomic E-state index is 0.103. The first-order chi connectivity index (χ1) is 13.6. The molecule has 160 valence electrons. The number of carbonyl (C=O) groups excluding carboxylic acids is 2. The van der Waals surface area contributed by atoms with E-state index in [-0.39, 0.29) is 23.9 Å². The molecule has 2 spiro atoms. The maximum Gasteiger partial charge on any atom is 0.316 e. The van der Waals surface area contributed by atoms with E-state index >= 15 is 0 Å². The first kappa shape index (κ1) is 19.5. The summed E-state index contributed by atoms with van der Waals surface area (Å²) in [5, 5.41) is 22.2. The van der Waals surface area contributed by atoms with Crippen molar-refractivity contribution in [1.29, 1.82) is 0 Å². The third-order valence-corrected chi connectivity index (χ3v) is 8.73. The summed E-state index contributed by atoms with van der Waals surface area (Å²) < 4.78 is 17.5. The van der Waals surface area contributed by atoms with Crippen LogP contribution in [0.15, 0.2) is 12.2 Å². The number of ether oxygens (including phenoxy) is 3. The second kappa shape index (κ2) is 5.83. The summed E-state index contributed by atoms with van der Waals surface area (Å²) in [5.74, 6) is -1.81. The summed E-state index contributed by atoms with van der Waals surface area (Å²) in [6, 6.07) is 0. The highest BCUT2D eigenvalue weighted by molar-refractivity contribution is 5.83. The molecule has 0 aromatic heterocycles. The van der Waals surface area contributed by atoms with Crippen molar-refractivity contribution in [2.75, 3.05) is 6.61 Å². The molecule has 0 radical (unpaired) electrons. The van der Waals surface area contributed by atoms with Crippen molar-refractivity contribution in [2.45, 2.75) is 71.1 Å². The predicted molar refractivity (Wildman–Crippen MR) is 100 cm³/mol. The molecule has 0 aromatic rings. The quantitative estimate of drug-likeness (QED) is 0.503. The number of aliphatic hydroxyl groups is 2. The highest BCUT2D eigenvalue weighted by atomic mass is 16.6. The van der Waals surface area contributed by atoms with Gasteiger partial charge in [-0.25, -0.2) is 0 Å². The van der Waals surface area contributed by atoms with Gasteiger partial charge in [0.25, 0.3) is 0 Å². The maximum absolute atomic E-state index is 13.5. The van der Waals surface area contributed by atoms with Crippen LogP contribution in [0.5, 0.6) is 0 Å². The monoisotopic (exact) mass is 406 g/mol. The molecule has 2 aliphatic heterocycles. The zero-order valence-electron chi connectivity index (χ0n) is 17.2. The Kier molecular flexibility index (Phi) is 3.92. The molecule has 5 rings (SSSR count). The molecule has 2 heterocycles. The van der Waals surface area contributed by atoms with Crippen molar-refractivity contribution < 1.29 is 34.0 Å². The van der Waals surface area contributed by atoms with Crippen LogP contribution >= 0.6 is 0 Å². The van der Waals surface area contributed by atoms with Gasteiger partial charge in [0.15, 0.2) is 6.29 Å². The van der Waals surface area contributed by atoms with Gasteiger partial charge in [0.05, 0.1) is 12.7 Å². The number of aliphatic hydroxyl groups excluding tert-OH is 2. The zero-order chi connectivity index (χ0) is 20.9. The van der Waals surface area contributed by atoms with Gasteiger partial charge >= 0.3 is 11.9 Å². The number of hydrogen-bond acceptors (Lipinski definition) is 7. The van der Waals surface area contributed by atoms with E-state index in [1.165, 1.54) is 6.92 Å². The third kappa shape index (κ3) is 2.19. The third-order valence-electron chi connectivity index (χ3n) is 8.73. The Morgan fingerprint density at radius 3 is 2.69 bits per heavy atom. The molecule has 5 aliphatic rings. The van der Waals surface area contributed by atoms with Crippen molar-refractivity contribution >= 4 is 11.9 Å². The topological polar surface area (TPSA) is 102 Å². The second-order valence-electron chi connectivity index (χ2n) is 10.5. The lowest BCUT2D eigenvalue weighted by Crippen LogP contribution is -2.71. The van der Waals surface area contributed by atoms with Crippen LogP contribution in [0.2, 0.25) is 0 Å². The van der Waals surface area contributed by atoms with E-state index in [1.807, 2.05) is 0 Å². The van der Waals surface area contributed by atoms with Crippen LogP contribution < -0.4 is 0 Å². The number of esters is 2. The molecule has 3 aliphatic carbocycles. The molecule has 2 saturated heterocycles. The van der Waals surface area contributed by atoms with Gasteiger partial charge in [-0.2, -0.15) is 0 Å². The molecule has 5 fully saturated rings. The first-order valence-electron chi connectivity index (χ1n) is 10.6. The van der Waals surface area contributed by atoms with Crippen molar-refractivity contribution in [2.24, 2.45) is 34.0 Å². The zero-order valence-corrected chi connectivity index (χ0v) is 17.2. The van der Waals surface area contributed by atoms with E-state index in [9.17, 15) is 19.8 Å². The number of hydrogen-bond donors (Lipinski definition) is 2. The highest BCUT2D eigenvalue weighted by Crippen LogP contribution is 2.72. The standard InChI is InChI=1S/C22H30O7/c1-10-12-7-13(24)15-21(8-12,17(10)28-11(2)23)19(26)29-14-5-6-20(3,4)16-18(25)27-9-22(14,15)16/h12-18,24-25H,1,5-9H2,2-4H3/t12-,13+,14+,15-,16-,17-,18-,21+,22+/m1/s1. The van der Waals surface area contributed by atoms with E-state index in [1.54, 1.807) is 0 Å². The van der Waals surface area contributed by atoms with Crippen LogP contribution in [-0.4, -0.2) is 53.4 Å². The van der Waals surface area contributed by atoms with Gasteiger partial charge in [-0.1, -0.05) is 20.4 Å². The van der Waals surface area contributed by atoms with Crippen molar-refractivity contribution in [3.63, 3.8) is 0 Å². The molecule has 29 heavy (non-hydrogen) atoms. The van der Waals surface area contributed by atoms with Crippen molar-refractivity contribution in [3.05, 3.63) is 12.2 Å². The van der Waals surface area contributed by atoms with E-state index in [4.69, 9.17) is 14.2 Å². The van der Waals surface area contributed by atoms with E-state index in [2.05, 4.69) is 20.4 Å². The lowest BCUT2D eigenvalue weighted by atomic mass is 9.43. The van der Waals surface area contributed by atoms with E-state index in [0.29, 0.717) is 24.8 Å². The molecule has 2 N–H and O–H groups in total. The van der Waals surface area contributed by atoms with Crippen molar-refractivity contribution in [1.82, 2.24) is 0 Å². The van der Waals surface area contributed by atoms with Crippen molar-refractivity contribution in [3.8, 4) is 0 Å². The lowest BCUT2D eigenvalue weighted by molar-refractivity contribution is -0.265. The molecule has 0 aromatic carbocycles. The van der Waals surface area contributed by atoms with Gasteiger partial charge < -0.3 is 24.4 Å². The van der Waals surface area contributed by atoms with Gasteiger partial charge in [0.2, 0.25) is 0 Å². The Morgan fingerprint density at radius 2 is 2.00 bits per heavy atom. The largest absolute Gasteiger partial charge is 0.461 e. The Morgan fingerprint density at radius 1 is 1.28 bits per heavy atom. The summed E-state index contributed by atoms with van der Waals surface area (Å²) in [6.45, 7) is 9.88. The fourth-order valence-electron chi connectivity index (χ4n) is 7.89. The van der Waals surface area contributed by atoms with E-state index in [0.717, 1.165) is 6.42 Å². The Bertz CT molecular complexity index is 790. The summed E-state index contributed by atoms with van der Waals surface area (Å²) in [5.41, 5.74) is -1.47. The second-order valence-corrected chi connectivity index (χ2v) is 10.5. The molecule has 3 saturated carbocycles. The first-order valence-corrected chi connectivity index (χ1v) is 10.6. The van der Waals surface area contributed by atoms with Crippen LogP contribution in [0.4, 0.5) is 0 Å². The van der Waals surface area contributed by atoms with Crippen LogP contribution in [0.25, 0.3) is 0 Å². The van der Waals surface area contributed by atoms with Gasteiger partial charge in [0, 0.05) is 24.2 Å². The minimum Gasteiger partial charge on any atom is -0.461 e. The Balaban J connectivity index is 1.72. The van der Waals surface area contributed by atoms with Crippen LogP contribution in [-0.2, 0) is 23.8 Å². The van der Waals surface area contributed by atoms with Gasteiger partial charge in [-0.15, -0.1) is 0 Å². The molecular formula is C22H30O7. The highest BCUT2D eigenvalue weighted by Gasteiger charge is 2.79. The van der Waals surface area contributed by atoms with Gasteiger partial charge in [-0.3, -0.25) is 9.59 Å². The van der Waals surface area contributed by atoms with Gasteiger partial charge in [0.1, 0.15) is 17.6 Å².